The predicted octanol–water partition coefficient (Wildman–Crippen LogP) is 3.52. The highest BCUT2D eigenvalue weighted by molar-refractivity contribution is 7.99. The van der Waals surface area contributed by atoms with Crippen molar-refractivity contribution in [3.8, 4) is 5.75 Å². The molecular formula is C15H16O2S. The number of aliphatic hydroxyl groups is 1. The molecule has 0 amide bonds. The molecular weight excluding hydrogens is 244 g/mol. The summed E-state index contributed by atoms with van der Waals surface area (Å²) in [5.74, 6) is 1.47. The maximum absolute atomic E-state index is 10.1. The molecule has 0 aliphatic heterocycles. The highest BCUT2D eigenvalue weighted by Crippen LogP contribution is 2.31. The molecule has 3 heteroatoms. The topological polar surface area (TPSA) is 29.5 Å². The minimum Gasteiger partial charge on any atom is -0.496 e. The first-order chi connectivity index (χ1) is 8.81. The number of thioether (sulfide) groups is 1. The summed E-state index contributed by atoms with van der Waals surface area (Å²) < 4.78 is 5.28. The van der Waals surface area contributed by atoms with Gasteiger partial charge in [0.05, 0.1) is 13.2 Å². The molecule has 2 aromatic carbocycles. The summed E-state index contributed by atoms with van der Waals surface area (Å²) in [6.45, 7) is 0. The van der Waals surface area contributed by atoms with Gasteiger partial charge in [0, 0.05) is 10.6 Å². The lowest BCUT2D eigenvalue weighted by Gasteiger charge is -2.12. The minimum absolute atomic E-state index is 0.457. The van der Waals surface area contributed by atoms with E-state index in [1.54, 1.807) is 18.9 Å². The van der Waals surface area contributed by atoms with E-state index in [1.807, 2.05) is 54.6 Å². The molecule has 2 rings (SSSR count). The van der Waals surface area contributed by atoms with Crippen LogP contribution in [0.5, 0.6) is 5.75 Å². The average molecular weight is 260 g/mol. The molecule has 0 heterocycles. The van der Waals surface area contributed by atoms with Crippen molar-refractivity contribution in [3.63, 3.8) is 0 Å². The zero-order valence-corrected chi connectivity index (χ0v) is 11.1. The molecule has 1 atom stereocenters. The van der Waals surface area contributed by atoms with Gasteiger partial charge in [-0.2, -0.15) is 0 Å². The zero-order chi connectivity index (χ0) is 12.8. The Hall–Kier alpha value is -1.45. The van der Waals surface area contributed by atoms with Gasteiger partial charge in [-0.15, -0.1) is 11.8 Å². The fraction of sp³-hybridized carbons (Fsp3) is 0.200. The third kappa shape index (κ3) is 3.28. The van der Waals surface area contributed by atoms with E-state index in [0.717, 1.165) is 16.2 Å². The molecule has 0 saturated carbocycles. The van der Waals surface area contributed by atoms with E-state index in [2.05, 4.69) is 0 Å². The molecule has 0 aliphatic carbocycles. The van der Waals surface area contributed by atoms with Gasteiger partial charge in [0.2, 0.25) is 0 Å². The molecule has 0 bridgehead atoms. The molecule has 0 saturated heterocycles. The molecule has 0 spiro atoms. The Labute approximate surface area is 112 Å². The molecule has 2 nitrogen and oxygen atoms in total. The number of methoxy groups -OCH3 is 1. The molecule has 1 N–H and O–H groups in total. The van der Waals surface area contributed by atoms with Gasteiger partial charge in [0.25, 0.3) is 0 Å². The third-order valence-corrected chi connectivity index (χ3v) is 3.78. The molecule has 0 aliphatic rings. The summed E-state index contributed by atoms with van der Waals surface area (Å²) in [6, 6.07) is 17.5. The number of rotatable bonds is 5. The van der Waals surface area contributed by atoms with Crippen LogP contribution in [-0.2, 0) is 0 Å². The van der Waals surface area contributed by atoms with Crippen LogP contribution < -0.4 is 4.74 Å². The molecule has 0 radical (unpaired) electrons. The van der Waals surface area contributed by atoms with E-state index in [1.165, 1.54) is 0 Å². The maximum Gasteiger partial charge on any atom is 0.132 e. The van der Waals surface area contributed by atoms with Gasteiger partial charge >= 0.3 is 0 Å². The van der Waals surface area contributed by atoms with Crippen molar-refractivity contribution in [1.82, 2.24) is 0 Å². The Balaban J connectivity index is 1.99. The minimum atomic E-state index is -0.457. The average Bonchev–Trinajstić information content (AvgIpc) is 2.46. The number of hydrogen-bond donors (Lipinski definition) is 1. The van der Waals surface area contributed by atoms with Crippen molar-refractivity contribution >= 4 is 11.8 Å². The lowest BCUT2D eigenvalue weighted by molar-refractivity contribution is 0.204. The highest BCUT2D eigenvalue weighted by Gasteiger charge is 2.09. The van der Waals surface area contributed by atoms with Crippen LogP contribution in [-0.4, -0.2) is 18.0 Å². The number of para-hydroxylation sites is 1. The van der Waals surface area contributed by atoms with Crippen molar-refractivity contribution in [2.75, 3.05) is 12.9 Å². The molecule has 0 aromatic heterocycles. The predicted molar refractivity (Wildman–Crippen MR) is 75.1 cm³/mol. The number of ether oxygens (including phenoxy) is 1. The first-order valence-corrected chi connectivity index (χ1v) is 6.78. The summed E-state index contributed by atoms with van der Waals surface area (Å²) in [5, 5.41) is 10.1. The molecule has 94 valence electrons. The lowest BCUT2D eigenvalue weighted by Crippen LogP contribution is -2.00. The fourth-order valence-electron chi connectivity index (χ4n) is 1.68. The van der Waals surface area contributed by atoms with Crippen molar-refractivity contribution in [2.24, 2.45) is 0 Å². The fourth-order valence-corrected chi connectivity index (χ4v) is 2.68. The Morgan fingerprint density at radius 2 is 1.72 bits per heavy atom. The molecule has 0 fully saturated rings. The van der Waals surface area contributed by atoms with Crippen LogP contribution in [0.15, 0.2) is 59.5 Å². The number of benzene rings is 2. The van der Waals surface area contributed by atoms with Gasteiger partial charge in [-0.3, -0.25) is 0 Å². The molecule has 2 aromatic rings. The van der Waals surface area contributed by atoms with Gasteiger partial charge < -0.3 is 9.84 Å². The van der Waals surface area contributed by atoms with E-state index in [-0.39, 0.29) is 0 Å². The molecule has 18 heavy (non-hydrogen) atoms. The van der Waals surface area contributed by atoms with E-state index in [0.29, 0.717) is 5.75 Å². The van der Waals surface area contributed by atoms with Crippen LogP contribution in [0.3, 0.4) is 0 Å². The van der Waals surface area contributed by atoms with Gasteiger partial charge in [0.1, 0.15) is 5.75 Å². The lowest BCUT2D eigenvalue weighted by atomic mass is 10.1. The quantitative estimate of drug-likeness (QED) is 0.834. The van der Waals surface area contributed by atoms with E-state index in [9.17, 15) is 5.11 Å². The van der Waals surface area contributed by atoms with Crippen LogP contribution in [0.2, 0.25) is 0 Å². The third-order valence-electron chi connectivity index (χ3n) is 2.65. The van der Waals surface area contributed by atoms with Crippen LogP contribution in [0.1, 0.15) is 11.7 Å². The first kappa shape index (κ1) is 13.0. The summed E-state index contributed by atoms with van der Waals surface area (Å²) in [7, 11) is 1.66. The van der Waals surface area contributed by atoms with E-state index < -0.39 is 6.10 Å². The van der Waals surface area contributed by atoms with Crippen LogP contribution in [0, 0.1) is 0 Å². The van der Waals surface area contributed by atoms with Crippen molar-refractivity contribution in [2.45, 2.75) is 11.0 Å². The largest absolute Gasteiger partial charge is 0.496 e. The van der Waals surface area contributed by atoms with Gasteiger partial charge in [0.15, 0.2) is 0 Å². The van der Waals surface area contributed by atoms with Crippen LogP contribution in [0.25, 0.3) is 0 Å². The summed E-state index contributed by atoms with van der Waals surface area (Å²) in [4.78, 5) is 1.05. The smallest absolute Gasteiger partial charge is 0.132 e. The first-order valence-electron chi connectivity index (χ1n) is 5.80. The van der Waals surface area contributed by atoms with Crippen molar-refractivity contribution < 1.29 is 9.84 Å². The zero-order valence-electron chi connectivity index (χ0n) is 10.2. The standard InChI is InChI=1S/C15H16O2S/c1-17-14-9-5-6-10-15(14)18-11-13(16)12-7-3-2-4-8-12/h2-10,13,16H,11H2,1H3. The van der Waals surface area contributed by atoms with Gasteiger partial charge in [-0.05, 0) is 17.7 Å². The summed E-state index contributed by atoms with van der Waals surface area (Å²) in [5.41, 5.74) is 0.944. The highest BCUT2D eigenvalue weighted by atomic mass is 32.2. The Morgan fingerprint density at radius 1 is 1.06 bits per heavy atom. The van der Waals surface area contributed by atoms with Crippen molar-refractivity contribution in [3.05, 3.63) is 60.2 Å². The Bertz CT molecular complexity index is 485. The van der Waals surface area contributed by atoms with Crippen molar-refractivity contribution in [1.29, 1.82) is 0 Å². The summed E-state index contributed by atoms with van der Waals surface area (Å²) >= 11 is 1.60. The SMILES string of the molecule is COc1ccccc1SCC(O)c1ccccc1. The van der Waals surface area contributed by atoms with Crippen LogP contribution in [0.4, 0.5) is 0 Å². The number of hydrogen-bond acceptors (Lipinski definition) is 3. The van der Waals surface area contributed by atoms with E-state index >= 15 is 0 Å². The summed E-state index contributed by atoms with van der Waals surface area (Å²) in [6.07, 6.45) is -0.457. The number of aliphatic hydroxyl groups excluding tert-OH is 1. The second-order valence-electron chi connectivity index (χ2n) is 3.89. The Morgan fingerprint density at radius 3 is 2.44 bits per heavy atom. The van der Waals surface area contributed by atoms with Gasteiger partial charge in [-0.25, -0.2) is 0 Å². The molecule has 1 unspecified atom stereocenters. The van der Waals surface area contributed by atoms with Crippen LogP contribution >= 0.6 is 11.8 Å². The second kappa shape index (κ2) is 6.47. The second-order valence-corrected chi connectivity index (χ2v) is 4.95. The van der Waals surface area contributed by atoms with E-state index in [4.69, 9.17) is 4.74 Å². The normalized spacial score (nSPS) is 12.1. The Kier molecular flexibility index (Phi) is 4.67. The maximum atomic E-state index is 10.1. The van der Waals surface area contributed by atoms with Gasteiger partial charge in [-0.1, -0.05) is 42.5 Å². The monoisotopic (exact) mass is 260 g/mol.